The molecule has 0 unspecified atom stereocenters. The maximum atomic E-state index is 12.6. The summed E-state index contributed by atoms with van der Waals surface area (Å²) in [6, 6.07) is 15.5. The fourth-order valence-corrected chi connectivity index (χ4v) is 2.85. The molecule has 0 amide bonds. The molecule has 0 saturated carbocycles. The van der Waals surface area contributed by atoms with E-state index in [0.717, 1.165) is 5.56 Å². The molecule has 2 aromatic carbocycles. The lowest BCUT2D eigenvalue weighted by Crippen LogP contribution is -2.27. The van der Waals surface area contributed by atoms with E-state index in [1.54, 1.807) is 36.4 Å². The lowest BCUT2D eigenvalue weighted by Gasteiger charge is -2.19. The van der Waals surface area contributed by atoms with Crippen LogP contribution in [0.1, 0.15) is 54.0 Å². The smallest absolute Gasteiger partial charge is 0.351 e. The van der Waals surface area contributed by atoms with Crippen LogP contribution in [0.4, 0.5) is 0 Å². The topological polar surface area (TPSA) is 73.6 Å². The minimum atomic E-state index is -1.03. The van der Waals surface area contributed by atoms with Crippen LogP contribution >= 0.6 is 0 Å². The van der Waals surface area contributed by atoms with Crippen molar-refractivity contribution in [3.8, 4) is 0 Å². The number of benzene rings is 2. The molecule has 0 N–H and O–H groups in total. The van der Waals surface area contributed by atoms with Crippen molar-refractivity contribution in [2.75, 3.05) is 0 Å². The van der Waals surface area contributed by atoms with Gasteiger partial charge < -0.3 is 9.15 Å². The van der Waals surface area contributed by atoms with Gasteiger partial charge in [0.05, 0.1) is 0 Å². The van der Waals surface area contributed by atoms with Crippen molar-refractivity contribution < 1.29 is 18.7 Å². The van der Waals surface area contributed by atoms with Gasteiger partial charge in [0.2, 0.25) is 5.78 Å². The van der Waals surface area contributed by atoms with Crippen molar-refractivity contribution in [2.24, 2.45) is 0 Å². The molecule has 1 atom stereocenters. The first-order chi connectivity index (χ1) is 13.2. The number of para-hydroxylation sites is 1. The number of fused-ring (bicyclic) bond motifs is 1. The Hall–Kier alpha value is -3.21. The van der Waals surface area contributed by atoms with Crippen LogP contribution in [0.3, 0.4) is 0 Å². The van der Waals surface area contributed by atoms with Gasteiger partial charge in [-0.25, -0.2) is 9.59 Å². The number of esters is 1. The van der Waals surface area contributed by atoms with Crippen molar-refractivity contribution in [1.82, 2.24) is 0 Å². The second-order valence-electron chi connectivity index (χ2n) is 7.72. The molecular weight excluding hydrogens is 356 g/mol. The molecule has 0 fully saturated rings. The Morgan fingerprint density at radius 1 is 1.00 bits per heavy atom. The number of carbonyl (C=O) groups excluding carboxylic acids is 2. The number of carbonyl (C=O) groups is 2. The van der Waals surface area contributed by atoms with E-state index in [9.17, 15) is 14.4 Å². The van der Waals surface area contributed by atoms with Gasteiger partial charge in [-0.2, -0.15) is 0 Å². The largest absolute Gasteiger partial charge is 0.450 e. The molecule has 3 rings (SSSR count). The second kappa shape index (κ2) is 7.43. The third kappa shape index (κ3) is 4.03. The summed E-state index contributed by atoms with van der Waals surface area (Å²) in [7, 11) is 0. The Morgan fingerprint density at radius 2 is 1.64 bits per heavy atom. The van der Waals surface area contributed by atoms with E-state index in [1.807, 2.05) is 12.1 Å². The molecule has 144 valence electrons. The Bertz CT molecular complexity index is 1080. The van der Waals surface area contributed by atoms with Gasteiger partial charge in [0, 0.05) is 10.9 Å². The molecule has 0 aliphatic rings. The molecule has 1 aromatic heterocycles. The van der Waals surface area contributed by atoms with Crippen LogP contribution in [0.15, 0.2) is 63.8 Å². The molecule has 0 saturated heterocycles. The van der Waals surface area contributed by atoms with Crippen molar-refractivity contribution in [3.63, 3.8) is 0 Å². The minimum Gasteiger partial charge on any atom is -0.450 e. The Labute approximate surface area is 162 Å². The highest BCUT2D eigenvalue weighted by Gasteiger charge is 2.23. The average molecular weight is 378 g/mol. The van der Waals surface area contributed by atoms with Crippen molar-refractivity contribution in [3.05, 3.63) is 81.7 Å². The highest BCUT2D eigenvalue weighted by atomic mass is 16.5. The third-order valence-electron chi connectivity index (χ3n) is 4.55. The van der Waals surface area contributed by atoms with Gasteiger partial charge in [-0.15, -0.1) is 0 Å². The van der Waals surface area contributed by atoms with Crippen LogP contribution in [0.25, 0.3) is 11.0 Å². The number of rotatable bonds is 4. The third-order valence-corrected chi connectivity index (χ3v) is 4.55. The summed E-state index contributed by atoms with van der Waals surface area (Å²) >= 11 is 0. The van der Waals surface area contributed by atoms with E-state index in [-0.39, 0.29) is 16.8 Å². The van der Waals surface area contributed by atoms with Gasteiger partial charge in [-0.1, -0.05) is 63.2 Å². The van der Waals surface area contributed by atoms with E-state index in [2.05, 4.69) is 20.8 Å². The van der Waals surface area contributed by atoms with Crippen molar-refractivity contribution >= 4 is 22.7 Å². The van der Waals surface area contributed by atoms with Gasteiger partial charge in [-0.05, 0) is 30.0 Å². The van der Waals surface area contributed by atoms with E-state index in [0.29, 0.717) is 16.5 Å². The summed E-state index contributed by atoms with van der Waals surface area (Å²) in [6.07, 6.45) is -1.03. The van der Waals surface area contributed by atoms with Crippen LogP contribution in [-0.4, -0.2) is 17.9 Å². The molecular formula is C23H22O5. The van der Waals surface area contributed by atoms with Gasteiger partial charge in [0.15, 0.2) is 6.10 Å². The van der Waals surface area contributed by atoms with Crippen LogP contribution in [0.2, 0.25) is 0 Å². The molecule has 0 aliphatic carbocycles. The highest BCUT2D eigenvalue weighted by molar-refractivity contribution is 6.01. The predicted octanol–water partition coefficient (Wildman–Crippen LogP) is 4.52. The van der Waals surface area contributed by atoms with Crippen LogP contribution < -0.4 is 5.63 Å². The maximum Gasteiger partial charge on any atom is 0.351 e. The van der Waals surface area contributed by atoms with Crippen LogP contribution in [-0.2, 0) is 10.2 Å². The molecule has 28 heavy (non-hydrogen) atoms. The molecule has 1 heterocycles. The van der Waals surface area contributed by atoms with E-state index in [4.69, 9.17) is 9.15 Å². The average Bonchev–Trinajstić information content (AvgIpc) is 2.66. The lowest BCUT2D eigenvalue weighted by molar-refractivity contribution is 0.0315. The molecule has 0 bridgehead atoms. The Balaban J connectivity index is 1.78. The first kappa shape index (κ1) is 19.5. The molecule has 0 radical (unpaired) electrons. The molecule has 5 nitrogen and oxygen atoms in total. The summed E-state index contributed by atoms with van der Waals surface area (Å²) in [5.41, 5.74) is 0.872. The minimum absolute atomic E-state index is 0.0240. The maximum absolute atomic E-state index is 12.6. The zero-order valence-corrected chi connectivity index (χ0v) is 16.3. The summed E-state index contributed by atoms with van der Waals surface area (Å²) in [4.78, 5) is 37.1. The van der Waals surface area contributed by atoms with Crippen LogP contribution in [0, 0.1) is 0 Å². The first-order valence-corrected chi connectivity index (χ1v) is 9.05. The van der Waals surface area contributed by atoms with Crippen molar-refractivity contribution in [1.29, 1.82) is 0 Å². The monoisotopic (exact) mass is 378 g/mol. The van der Waals surface area contributed by atoms with Gasteiger partial charge in [0.25, 0.3) is 0 Å². The quantitative estimate of drug-likeness (QED) is 0.379. The molecule has 0 aliphatic heterocycles. The zero-order chi connectivity index (χ0) is 20.5. The summed E-state index contributed by atoms with van der Waals surface area (Å²) in [5, 5.41) is 0.603. The SMILES string of the molecule is C[C@H](OC(=O)c1cc2ccccc2oc1=O)C(=O)c1ccc(C(C)(C)C)cc1. The standard InChI is InChI=1S/C23H22O5/c1-14(20(24)15-9-11-17(12-10-15)23(2,3)4)27-21(25)18-13-16-7-5-6-8-19(16)28-22(18)26/h5-14H,1-4H3/t14-/m0/s1. The lowest BCUT2D eigenvalue weighted by atomic mass is 9.86. The van der Waals surface area contributed by atoms with E-state index >= 15 is 0 Å². The summed E-state index contributed by atoms with van der Waals surface area (Å²) in [6.45, 7) is 7.75. The number of ether oxygens (including phenoxy) is 1. The number of hydrogen-bond acceptors (Lipinski definition) is 5. The first-order valence-electron chi connectivity index (χ1n) is 9.05. The fraction of sp³-hybridized carbons (Fsp3) is 0.261. The molecule has 0 spiro atoms. The van der Waals surface area contributed by atoms with Gasteiger partial charge >= 0.3 is 11.6 Å². The molecule has 5 heteroatoms. The van der Waals surface area contributed by atoms with E-state index < -0.39 is 17.7 Å². The second-order valence-corrected chi connectivity index (χ2v) is 7.72. The predicted molar refractivity (Wildman–Crippen MR) is 107 cm³/mol. The fourth-order valence-electron chi connectivity index (χ4n) is 2.85. The summed E-state index contributed by atoms with van der Waals surface area (Å²) < 4.78 is 10.4. The van der Waals surface area contributed by atoms with Crippen molar-refractivity contribution in [2.45, 2.75) is 39.2 Å². The Kier molecular flexibility index (Phi) is 5.18. The van der Waals surface area contributed by atoms with Gasteiger partial charge in [-0.3, -0.25) is 4.79 Å². The number of ketones is 1. The highest BCUT2D eigenvalue weighted by Crippen LogP contribution is 2.23. The zero-order valence-electron chi connectivity index (χ0n) is 16.3. The number of Topliss-reactive ketones (excluding diaryl/α,β-unsaturated/α-hetero) is 1. The molecule has 3 aromatic rings. The normalized spacial score (nSPS) is 12.6. The Morgan fingerprint density at radius 3 is 2.29 bits per heavy atom. The summed E-state index contributed by atoms with van der Waals surface area (Å²) in [5.74, 6) is -1.22. The van der Waals surface area contributed by atoms with E-state index in [1.165, 1.54) is 13.0 Å². The van der Waals surface area contributed by atoms with Crippen LogP contribution in [0.5, 0.6) is 0 Å². The van der Waals surface area contributed by atoms with Gasteiger partial charge in [0.1, 0.15) is 11.1 Å². The number of hydrogen-bond donors (Lipinski definition) is 0.